The molecular weight excluding hydrogens is 380 g/mol. The van der Waals surface area contributed by atoms with Gasteiger partial charge in [0.1, 0.15) is 23.3 Å². The maximum absolute atomic E-state index is 13.2. The summed E-state index contributed by atoms with van der Waals surface area (Å²) in [6.07, 6.45) is 3.77. The van der Waals surface area contributed by atoms with Gasteiger partial charge in [-0.1, -0.05) is 19.0 Å². The number of nitrogens with zero attached hydrogens (tertiary/aromatic N) is 4. The predicted octanol–water partition coefficient (Wildman–Crippen LogP) is 3.83. The second-order valence-corrected chi connectivity index (χ2v) is 7.86. The quantitative estimate of drug-likeness (QED) is 0.641. The van der Waals surface area contributed by atoms with Crippen LogP contribution in [0.3, 0.4) is 0 Å². The Kier molecular flexibility index (Phi) is 5.40. The van der Waals surface area contributed by atoms with Crippen molar-refractivity contribution < 1.29 is 9.26 Å². The minimum atomic E-state index is 0.0352. The van der Waals surface area contributed by atoms with Crippen LogP contribution in [0.2, 0.25) is 0 Å². The lowest BCUT2D eigenvalue weighted by Gasteiger charge is -2.20. The summed E-state index contributed by atoms with van der Waals surface area (Å²) >= 11 is 0. The Morgan fingerprint density at radius 2 is 2.07 bits per heavy atom. The average Bonchev–Trinajstić information content (AvgIpc) is 3.23. The highest BCUT2D eigenvalue weighted by Crippen LogP contribution is 2.28. The Balaban J connectivity index is 1.69. The van der Waals surface area contributed by atoms with Gasteiger partial charge in [-0.25, -0.2) is 4.98 Å². The molecule has 0 aliphatic heterocycles. The van der Waals surface area contributed by atoms with Crippen LogP contribution >= 0.6 is 0 Å². The molecule has 0 saturated heterocycles. The Labute approximate surface area is 174 Å². The Morgan fingerprint density at radius 1 is 1.27 bits per heavy atom. The van der Waals surface area contributed by atoms with Crippen molar-refractivity contribution in [3.05, 3.63) is 63.0 Å². The number of nitriles is 1. The standard InChI is InChI=1S/C23H24N4O3/c1-14(2)22-25-19-7-5-4-6-18(19)23(28)27(22)13-17-11-21(30-26-17)15-8-9-16(12-24)20(10-15)29-3/h8-11,14H,4-7,13H2,1-3H3. The van der Waals surface area contributed by atoms with Crippen LogP contribution in [0.15, 0.2) is 33.6 Å². The van der Waals surface area contributed by atoms with Crippen LogP contribution in [-0.4, -0.2) is 21.8 Å². The fourth-order valence-electron chi connectivity index (χ4n) is 3.92. The number of hydrogen-bond acceptors (Lipinski definition) is 6. The van der Waals surface area contributed by atoms with Gasteiger partial charge < -0.3 is 9.26 Å². The number of aryl methyl sites for hydroxylation is 1. The van der Waals surface area contributed by atoms with E-state index in [4.69, 9.17) is 19.5 Å². The van der Waals surface area contributed by atoms with E-state index >= 15 is 0 Å². The molecule has 154 valence electrons. The SMILES string of the molecule is COc1cc(-c2cc(Cn3c(C(C)C)nc4c(c3=O)CCCC4)no2)ccc1C#N. The molecule has 1 aliphatic carbocycles. The van der Waals surface area contributed by atoms with Crippen molar-refractivity contribution in [1.82, 2.24) is 14.7 Å². The highest BCUT2D eigenvalue weighted by Gasteiger charge is 2.21. The number of fused-ring (bicyclic) bond motifs is 1. The van der Waals surface area contributed by atoms with E-state index in [1.807, 2.05) is 19.9 Å². The third-order valence-corrected chi connectivity index (χ3v) is 5.47. The molecule has 4 rings (SSSR count). The summed E-state index contributed by atoms with van der Waals surface area (Å²) in [7, 11) is 1.52. The van der Waals surface area contributed by atoms with Crippen LogP contribution in [-0.2, 0) is 19.4 Å². The molecule has 30 heavy (non-hydrogen) atoms. The van der Waals surface area contributed by atoms with E-state index in [0.717, 1.165) is 48.3 Å². The number of benzene rings is 1. The molecular formula is C23H24N4O3. The zero-order valence-electron chi connectivity index (χ0n) is 17.4. The fraction of sp³-hybridized carbons (Fsp3) is 0.391. The summed E-state index contributed by atoms with van der Waals surface area (Å²) in [6.45, 7) is 4.40. The molecule has 0 fully saturated rings. The lowest BCUT2D eigenvalue weighted by Crippen LogP contribution is -2.32. The van der Waals surface area contributed by atoms with Gasteiger partial charge >= 0.3 is 0 Å². The summed E-state index contributed by atoms with van der Waals surface area (Å²) < 4.78 is 12.5. The molecule has 0 saturated carbocycles. The largest absolute Gasteiger partial charge is 0.495 e. The van der Waals surface area contributed by atoms with Crippen molar-refractivity contribution in [2.75, 3.05) is 7.11 Å². The predicted molar refractivity (Wildman–Crippen MR) is 112 cm³/mol. The summed E-state index contributed by atoms with van der Waals surface area (Å²) in [5.74, 6) is 1.94. The Bertz CT molecular complexity index is 1180. The highest BCUT2D eigenvalue weighted by atomic mass is 16.5. The second-order valence-electron chi connectivity index (χ2n) is 7.86. The first kappa shape index (κ1) is 19.9. The van der Waals surface area contributed by atoms with Gasteiger partial charge in [0.2, 0.25) is 0 Å². The van der Waals surface area contributed by atoms with Gasteiger partial charge in [0.15, 0.2) is 5.76 Å². The Morgan fingerprint density at radius 3 is 2.80 bits per heavy atom. The summed E-state index contributed by atoms with van der Waals surface area (Å²) in [4.78, 5) is 18.0. The van der Waals surface area contributed by atoms with Crippen molar-refractivity contribution in [2.45, 2.75) is 52.0 Å². The minimum absolute atomic E-state index is 0.0352. The van der Waals surface area contributed by atoms with Crippen LogP contribution in [0.1, 0.15) is 60.9 Å². The molecule has 0 radical (unpaired) electrons. The average molecular weight is 404 g/mol. The zero-order valence-corrected chi connectivity index (χ0v) is 17.4. The number of hydrogen-bond donors (Lipinski definition) is 0. The lowest BCUT2D eigenvalue weighted by molar-refractivity contribution is 0.410. The van der Waals surface area contributed by atoms with E-state index in [2.05, 4.69) is 11.2 Å². The second kappa shape index (κ2) is 8.15. The zero-order chi connectivity index (χ0) is 21.3. The van der Waals surface area contributed by atoms with E-state index in [0.29, 0.717) is 29.3 Å². The summed E-state index contributed by atoms with van der Waals surface area (Å²) in [5.41, 5.74) is 3.68. The van der Waals surface area contributed by atoms with Crippen molar-refractivity contribution in [2.24, 2.45) is 0 Å². The minimum Gasteiger partial charge on any atom is -0.495 e. The number of rotatable bonds is 5. The number of ether oxygens (including phenoxy) is 1. The van der Waals surface area contributed by atoms with Gasteiger partial charge in [-0.05, 0) is 43.9 Å². The van der Waals surface area contributed by atoms with E-state index in [9.17, 15) is 4.79 Å². The van der Waals surface area contributed by atoms with E-state index < -0.39 is 0 Å². The maximum atomic E-state index is 13.2. The Hall–Kier alpha value is -3.40. The van der Waals surface area contributed by atoms with E-state index in [1.54, 1.807) is 22.8 Å². The number of aromatic nitrogens is 3. The lowest BCUT2D eigenvalue weighted by atomic mass is 9.96. The molecule has 0 N–H and O–H groups in total. The molecule has 0 spiro atoms. The van der Waals surface area contributed by atoms with Gasteiger partial charge in [0.05, 0.1) is 24.9 Å². The van der Waals surface area contributed by atoms with Crippen LogP contribution < -0.4 is 10.3 Å². The van der Waals surface area contributed by atoms with Gasteiger partial charge in [0.25, 0.3) is 5.56 Å². The van der Waals surface area contributed by atoms with Crippen LogP contribution in [0, 0.1) is 11.3 Å². The first-order chi connectivity index (χ1) is 14.5. The summed E-state index contributed by atoms with van der Waals surface area (Å²) in [6, 6.07) is 9.13. The van der Waals surface area contributed by atoms with Gasteiger partial charge in [-0.15, -0.1) is 0 Å². The first-order valence-corrected chi connectivity index (χ1v) is 10.2. The third kappa shape index (κ3) is 3.61. The topological polar surface area (TPSA) is 93.9 Å². The first-order valence-electron chi connectivity index (χ1n) is 10.2. The molecule has 0 bridgehead atoms. The molecule has 2 heterocycles. The molecule has 7 heteroatoms. The maximum Gasteiger partial charge on any atom is 0.257 e. The molecule has 3 aromatic rings. The van der Waals surface area contributed by atoms with E-state index in [1.165, 1.54) is 7.11 Å². The van der Waals surface area contributed by atoms with Crippen molar-refractivity contribution in [3.63, 3.8) is 0 Å². The molecule has 7 nitrogen and oxygen atoms in total. The highest BCUT2D eigenvalue weighted by molar-refractivity contribution is 5.63. The van der Waals surface area contributed by atoms with Gasteiger partial charge in [-0.2, -0.15) is 5.26 Å². The van der Waals surface area contributed by atoms with Crippen LogP contribution in [0.4, 0.5) is 0 Å². The molecule has 1 aromatic carbocycles. The third-order valence-electron chi connectivity index (χ3n) is 5.47. The fourth-order valence-corrected chi connectivity index (χ4v) is 3.92. The normalized spacial score (nSPS) is 13.2. The van der Waals surface area contributed by atoms with Crippen molar-refractivity contribution in [3.8, 4) is 23.1 Å². The van der Waals surface area contributed by atoms with E-state index in [-0.39, 0.29) is 11.5 Å². The van der Waals surface area contributed by atoms with Crippen molar-refractivity contribution >= 4 is 0 Å². The van der Waals surface area contributed by atoms with Crippen molar-refractivity contribution in [1.29, 1.82) is 5.26 Å². The molecule has 0 atom stereocenters. The number of methoxy groups -OCH3 is 1. The van der Waals surface area contributed by atoms with Gasteiger partial charge in [-0.3, -0.25) is 9.36 Å². The molecule has 1 aliphatic rings. The molecule has 0 amide bonds. The summed E-state index contributed by atoms with van der Waals surface area (Å²) in [5, 5.41) is 13.3. The molecule has 2 aromatic heterocycles. The smallest absolute Gasteiger partial charge is 0.257 e. The van der Waals surface area contributed by atoms with Crippen LogP contribution in [0.5, 0.6) is 5.75 Å². The monoisotopic (exact) mass is 404 g/mol. The van der Waals surface area contributed by atoms with Gasteiger partial charge in [0, 0.05) is 23.1 Å². The van der Waals surface area contributed by atoms with Crippen LogP contribution in [0.25, 0.3) is 11.3 Å². The molecule has 0 unspecified atom stereocenters.